The zero-order chi connectivity index (χ0) is 17.1. The van der Waals surface area contributed by atoms with Crippen molar-refractivity contribution < 1.29 is 4.79 Å². The summed E-state index contributed by atoms with van der Waals surface area (Å²) in [5.41, 5.74) is 2.08. The molecule has 1 saturated heterocycles. The summed E-state index contributed by atoms with van der Waals surface area (Å²) in [6.07, 6.45) is 5.03. The number of hydrogen-bond acceptors (Lipinski definition) is 4. The third-order valence-corrected chi connectivity index (χ3v) is 4.96. The van der Waals surface area contributed by atoms with Gasteiger partial charge in [0.2, 0.25) is 5.91 Å². The molecule has 1 aromatic carbocycles. The van der Waals surface area contributed by atoms with Gasteiger partial charge in [-0.25, -0.2) is 9.67 Å². The highest BCUT2D eigenvalue weighted by molar-refractivity contribution is 5.79. The van der Waals surface area contributed by atoms with Gasteiger partial charge in [-0.15, -0.1) is 0 Å². The van der Waals surface area contributed by atoms with Crippen molar-refractivity contribution in [3.05, 3.63) is 42.5 Å². The molecule has 3 atom stereocenters. The number of rotatable bonds is 4. The molecule has 3 rings (SSSR count). The minimum Gasteiger partial charge on any atom is -0.339 e. The summed E-state index contributed by atoms with van der Waals surface area (Å²) < 4.78 is 1.72. The van der Waals surface area contributed by atoms with Crippen molar-refractivity contribution in [3.8, 4) is 5.69 Å². The second-order valence-electron chi connectivity index (χ2n) is 6.63. The van der Waals surface area contributed by atoms with Crippen molar-refractivity contribution in [2.24, 2.45) is 5.92 Å². The second kappa shape index (κ2) is 7.13. The Morgan fingerprint density at radius 2 is 2.12 bits per heavy atom. The number of piperidine rings is 1. The number of nitrogens with zero attached hydrogens (tertiary/aromatic N) is 4. The molecule has 0 spiro atoms. The van der Waals surface area contributed by atoms with E-state index in [4.69, 9.17) is 0 Å². The molecule has 0 aliphatic carbocycles. The standard InChI is InChI=1S/C18H25N5O/c1-13-10-16(8-9-20-13)18(24)22(3)14(2)15-4-6-17(7-5-15)23-12-19-11-21-23/h4-7,11-14,16,20H,8-10H2,1-3H3/t13-,14?,16-/m0/s1. The maximum Gasteiger partial charge on any atom is 0.226 e. The summed E-state index contributed by atoms with van der Waals surface area (Å²) in [5, 5.41) is 7.53. The van der Waals surface area contributed by atoms with Gasteiger partial charge in [-0.3, -0.25) is 4.79 Å². The zero-order valence-corrected chi connectivity index (χ0v) is 14.5. The minimum absolute atomic E-state index is 0.0486. The van der Waals surface area contributed by atoms with E-state index in [1.54, 1.807) is 11.0 Å². The fourth-order valence-corrected chi connectivity index (χ4v) is 3.31. The van der Waals surface area contributed by atoms with Crippen LogP contribution in [0.3, 0.4) is 0 Å². The van der Waals surface area contributed by atoms with Crippen LogP contribution in [-0.2, 0) is 4.79 Å². The number of aromatic nitrogens is 3. The van der Waals surface area contributed by atoms with Gasteiger partial charge in [0, 0.05) is 19.0 Å². The molecule has 1 unspecified atom stereocenters. The Morgan fingerprint density at radius 1 is 1.38 bits per heavy atom. The van der Waals surface area contributed by atoms with Gasteiger partial charge in [-0.1, -0.05) is 12.1 Å². The third-order valence-electron chi connectivity index (χ3n) is 4.96. The van der Waals surface area contributed by atoms with Gasteiger partial charge in [-0.2, -0.15) is 5.10 Å². The first-order chi connectivity index (χ1) is 11.6. The van der Waals surface area contributed by atoms with Gasteiger partial charge in [-0.05, 0) is 50.9 Å². The molecule has 6 nitrogen and oxygen atoms in total. The predicted molar refractivity (Wildman–Crippen MR) is 92.7 cm³/mol. The van der Waals surface area contributed by atoms with Crippen molar-refractivity contribution >= 4 is 5.91 Å². The average molecular weight is 327 g/mol. The lowest BCUT2D eigenvalue weighted by Crippen LogP contribution is -2.43. The van der Waals surface area contributed by atoms with Crippen LogP contribution < -0.4 is 5.32 Å². The molecular weight excluding hydrogens is 302 g/mol. The number of nitrogens with one attached hydrogen (secondary N) is 1. The Labute approximate surface area is 142 Å². The quantitative estimate of drug-likeness (QED) is 0.935. The predicted octanol–water partition coefficient (Wildman–Crippen LogP) is 2.17. The molecule has 6 heteroatoms. The van der Waals surface area contributed by atoms with Gasteiger partial charge >= 0.3 is 0 Å². The third kappa shape index (κ3) is 3.48. The molecule has 1 aliphatic rings. The maximum absolute atomic E-state index is 12.8. The fourth-order valence-electron chi connectivity index (χ4n) is 3.31. The van der Waals surface area contributed by atoms with Crippen molar-refractivity contribution in [1.29, 1.82) is 0 Å². The Morgan fingerprint density at radius 3 is 2.75 bits per heavy atom. The normalized spacial score (nSPS) is 22.1. The molecule has 2 heterocycles. The molecule has 0 saturated carbocycles. The van der Waals surface area contributed by atoms with Crippen molar-refractivity contribution in [1.82, 2.24) is 25.0 Å². The van der Waals surface area contributed by atoms with Crippen LogP contribution in [0.5, 0.6) is 0 Å². The van der Waals surface area contributed by atoms with Gasteiger partial charge in [0.25, 0.3) is 0 Å². The van der Waals surface area contributed by atoms with E-state index in [1.165, 1.54) is 6.33 Å². The monoisotopic (exact) mass is 327 g/mol. The van der Waals surface area contributed by atoms with Crippen molar-refractivity contribution in [2.75, 3.05) is 13.6 Å². The highest BCUT2D eigenvalue weighted by atomic mass is 16.2. The molecule has 24 heavy (non-hydrogen) atoms. The molecule has 0 radical (unpaired) electrons. The highest BCUT2D eigenvalue weighted by Gasteiger charge is 2.29. The molecule has 1 aliphatic heterocycles. The van der Waals surface area contributed by atoms with E-state index in [2.05, 4.69) is 41.4 Å². The highest BCUT2D eigenvalue weighted by Crippen LogP contribution is 2.25. The molecule has 2 aromatic rings. The molecule has 1 fully saturated rings. The summed E-state index contributed by atoms with van der Waals surface area (Å²) >= 11 is 0. The summed E-state index contributed by atoms with van der Waals surface area (Å²) in [6, 6.07) is 8.58. The molecule has 1 N–H and O–H groups in total. The van der Waals surface area contributed by atoms with Crippen LogP contribution in [0.25, 0.3) is 5.69 Å². The van der Waals surface area contributed by atoms with Crippen LogP contribution in [0.2, 0.25) is 0 Å². The first-order valence-corrected chi connectivity index (χ1v) is 8.51. The van der Waals surface area contributed by atoms with Crippen molar-refractivity contribution in [2.45, 2.75) is 38.8 Å². The number of benzene rings is 1. The van der Waals surface area contributed by atoms with Crippen LogP contribution >= 0.6 is 0 Å². The van der Waals surface area contributed by atoms with E-state index >= 15 is 0 Å². The molecule has 1 aromatic heterocycles. The maximum atomic E-state index is 12.8. The number of amides is 1. The Bertz CT molecular complexity index is 667. The smallest absolute Gasteiger partial charge is 0.226 e. The molecular formula is C18H25N5O. The Balaban J connectivity index is 1.68. The zero-order valence-electron chi connectivity index (χ0n) is 14.5. The average Bonchev–Trinajstić information content (AvgIpc) is 3.14. The topological polar surface area (TPSA) is 63.1 Å². The van der Waals surface area contributed by atoms with E-state index < -0.39 is 0 Å². The molecule has 1 amide bonds. The van der Waals surface area contributed by atoms with E-state index in [9.17, 15) is 4.79 Å². The minimum atomic E-state index is 0.0486. The van der Waals surface area contributed by atoms with E-state index in [0.29, 0.717) is 6.04 Å². The first kappa shape index (κ1) is 16.6. The SMILES string of the molecule is CC(c1ccc(-n2cncn2)cc1)N(C)C(=O)[C@H]1CCN[C@@H](C)C1. The summed E-state index contributed by atoms with van der Waals surface area (Å²) in [6.45, 7) is 5.14. The largest absolute Gasteiger partial charge is 0.339 e. The number of carbonyl (C=O) groups is 1. The fraction of sp³-hybridized carbons (Fsp3) is 0.500. The van der Waals surface area contributed by atoms with E-state index in [1.807, 2.05) is 24.1 Å². The van der Waals surface area contributed by atoms with E-state index in [0.717, 1.165) is 30.6 Å². The Hall–Kier alpha value is -2.21. The molecule has 128 valence electrons. The van der Waals surface area contributed by atoms with E-state index in [-0.39, 0.29) is 17.9 Å². The number of carbonyl (C=O) groups excluding carboxylic acids is 1. The van der Waals surface area contributed by atoms with Crippen LogP contribution in [0.4, 0.5) is 0 Å². The number of hydrogen-bond donors (Lipinski definition) is 1. The van der Waals surface area contributed by atoms with Crippen molar-refractivity contribution in [3.63, 3.8) is 0 Å². The lowest BCUT2D eigenvalue weighted by Gasteiger charge is -2.33. The first-order valence-electron chi connectivity index (χ1n) is 8.51. The van der Waals surface area contributed by atoms with Crippen LogP contribution in [0, 0.1) is 5.92 Å². The summed E-state index contributed by atoms with van der Waals surface area (Å²) in [7, 11) is 1.91. The van der Waals surface area contributed by atoms with Gasteiger partial charge in [0.15, 0.2) is 0 Å². The molecule has 0 bridgehead atoms. The second-order valence-corrected chi connectivity index (χ2v) is 6.63. The summed E-state index contributed by atoms with van der Waals surface area (Å²) in [4.78, 5) is 18.6. The van der Waals surface area contributed by atoms with Gasteiger partial charge in [0.05, 0.1) is 11.7 Å². The lowest BCUT2D eigenvalue weighted by atomic mass is 9.91. The Kier molecular flexibility index (Phi) is 4.94. The summed E-state index contributed by atoms with van der Waals surface area (Å²) in [5.74, 6) is 0.374. The van der Waals surface area contributed by atoms with Crippen LogP contribution in [0.1, 0.15) is 38.3 Å². The van der Waals surface area contributed by atoms with Gasteiger partial charge < -0.3 is 10.2 Å². The van der Waals surface area contributed by atoms with Gasteiger partial charge in [0.1, 0.15) is 12.7 Å². The lowest BCUT2D eigenvalue weighted by molar-refractivity contribution is -0.137. The van der Waals surface area contributed by atoms with Crippen LogP contribution in [-0.4, -0.2) is 45.2 Å². The van der Waals surface area contributed by atoms with Crippen LogP contribution in [0.15, 0.2) is 36.9 Å².